The highest BCUT2D eigenvalue weighted by Crippen LogP contribution is 2.12. The summed E-state index contributed by atoms with van der Waals surface area (Å²) in [7, 11) is 0. The van der Waals surface area contributed by atoms with Gasteiger partial charge < -0.3 is 15.3 Å². The fourth-order valence-corrected chi connectivity index (χ4v) is 1.32. The van der Waals surface area contributed by atoms with Gasteiger partial charge in [0.1, 0.15) is 0 Å². The fourth-order valence-electron chi connectivity index (χ4n) is 1.32. The molecule has 1 aromatic heterocycles. The average molecular weight is 241 g/mol. The van der Waals surface area contributed by atoms with E-state index in [9.17, 15) is 0 Å². The van der Waals surface area contributed by atoms with Crippen LogP contribution in [-0.4, -0.2) is 46.3 Å². The Morgan fingerprint density at radius 1 is 1.18 bits per heavy atom. The van der Waals surface area contributed by atoms with Crippen LogP contribution in [0.5, 0.6) is 0 Å². The lowest BCUT2D eigenvalue weighted by atomic mass is 10.5. The molecule has 0 aliphatic rings. The van der Waals surface area contributed by atoms with Gasteiger partial charge >= 0.3 is 0 Å². The molecule has 8 nitrogen and oxygen atoms in total. The molecular formula is C9H19N7O. The van der Waals surface area contributed by atoms with Crippen LogP contribution in [0, 0.1) is 0 Å². The number of aromatic nitrogens is 3. The summed E-state index contributed by atoms with van der Waals surface area (Å²) in [6.07, 6.45) is 0. The van der Waals surface area contributed by atoms with Crippen LogP contribution in [0.3, 0.4) is 0 Å². The Hall–Kier alpha value is -1.67. The first-order chi connectivity index (χ1) is 8.24. The number of anilines is 3. The van der Waals surface area contributed by atoms with Gasteiger partial charge in [-0.05, 0) is 13.8 Å². The van der Waals surface area contributed by atoms with Gasteiger partial charge in [-0.1, -0.05) is 0 Å². The molecule has 0 saturated heterocycles. The molecule has 0 unspecified atom stereocenters. The van der Waals surface area contributed by atoms with Crippen LogP contribution >= 0.6 is 0 Å². The zero-order valence-corrected chi connectivity index (χ0v) is 10.1. The maximum atomic E-state index is 8.74. The highest BCUT2D eigenvalue weighted by molar-refractivity contribution is 5.43. The second-order valence-corrected chi connectivity index (χ2v) is 3.25. The molecule has 0 atom stereocenters. The third-order valence-electron chi connectivity index (χ3n) is 2.19. The van der Waals surface area contributed by atoms with Gasteiger partial charge in [-0.3, -0.25) is 5.43 Å². The van der Waals surface area contributed by atoms with Crippen LogP contribution in [0.15, 0.2) is 0 Å². The van der Waals surface area contributed by atoms with Crippen molar-refractivity contribution in [2.24, 2.45) is 5.84 Å². The van der Waals surface area contributed by atoms with E-state index >= 15 is 0 Å². The van der Waals surface area contributed by atoms with Crippen molar-refractivity contribution in [2.75, 3.05) is 41.9 Å². The van der Waals surface area contributed by atoms with Crippen LogP contribution in [0.4, 0.5) is 17.8 Å². The van der Waals surface area contributed by atoms with Gasteiger partial charge in [0.05, 0.1) is 6.61 Å². The fraction of sp³-hybridized carbons (Fsp3) is 0.667. The Bertz CT molecular complexity index is 342. The van der Waals surface area contributed by atoms with Gasteiger partial charge in [0, 0.05) is 19.6 Å². The number of nitrogens with two attached hydrogens (primary N) is 1. The van der Waals surface area contributed by atoms with Crippen LogP contribution in [0.2, 0.25) is 0 Å². The van der Waals surface area contributed by atoms with Gasteiger partial charge in [-0.2, -0.15) is 15.0 Å². The molecule has 0 bridgehead atoms. The molecule has 0 aromatic carbocycles. The van der Waals surface area contributed by atoms with Gasteiger partial charge in [0.15, 0.2) is 0 Å². The third kappa shape index (κ3) is 3.68. The maximum Gasteiger partial charge on any atom is 0.243 e. The largest absolute Gasteiger partial charge is 0.395 e. The lowest BCUT2D eigenvalue weighted by molar-refractivity contribution is 0.311. The second kappa shape index (κ2) is 6.81. The van der Waals surface area contributed by atoms with Crippen molar-refractivity contribution in [3.8, 4) is 0 Å². The van der Waals surface area contributed by atoms with Crippen molar-refractivity contribution in [2.45, 2.75) is 13.8 Å². The van der Waals surface area contributed by atoms with Crippen molar-refractivity contribution >= 4 is 17.8 Å². The van der Waals surface area contributed by atoms with Crippen LogP contribution in [0.25, 0.3) is 0 Å². The Balaban J connectivity index is 2.95. The predicted octanol–water partition coefficient (Wildman–Crippen LogP) is -0.592. The number of nitrogen functional groups attached to an aromatic ring is 1. The highest BCUT2D eigenvalue weighted by Gasteiger charge is 2.10. The summed E-state index contributed by atoms with van der Waals surface area (Å²) in [6.45, 7) is 6.02. The smallest absolute Gasteiger partial charge is 0.243 e. The minimum atomic E-state index is 0.0116. The topological polar surface area (TPSA) is 112 Å². The van der Waals surface area contributed by atoms with E-state index in [1.165, 1.54) is 0 Å². The SMILES string of the molecule is CCN(CC)c1nc(NN)nc(NCCO)n1. The van der Waals surface area contributed by atoms with Gasteiger partial charge in [-0.25, -0.2) is 5.84 Å². The summed E-state index contributed by atoms with van der Waals surface area (Å²) in [5.74, 6) is 6.54. The van der Waals surface area contributed by atoms with Crippen molar-refractivity contribution < 1.29 is 5.11 Å². The van der Waals surface area contributed by atoms with Crippen molar-refractivity contribution in [3.05, 3.63) is 0 Å². The van der Waals surface area contributed by atoms with Crippen LogP contribution in [0.1, 0.15) is 13.8 Å². The van der Waals surface area contributed by atoms with Crippen LogP contribution in [-0.2, 0) is 0 Å². The molecule has 8 heteroatoms. The molecule has 0 spiro atoms. The summed E-state index contributed by atoms with van der Waals surface area (Å²) in [5.41, 5.74) is 2.40. The standard InChI is InChI=1S/C9H19N7O/c1-3-16(4-2)9-13-7(11-5-6-17)12-8(14-9)15-10/h17H,3-6,10H2,1-2H3,(H2,11,12,13,14,15). The molecule has 0 saturated carbocycles. The number of hydrogen-bond acceptors (Lipinski definition) is 8. The number of hydrazine groups is 1. The normalized spacial score (nSPS) is 10.1. The molecule has 96 valence electrons. The second-order valence-electron chi connectivity index (χ2n) is 3.25. The molecule has 0 aliphatic carbocycles. The number of aliphatic hydroxyl groups is 1. The van der Waals surface area contributed by atoms with E-state index < -0.39 is 0 Å². The summed E-state index contributed by atoms with van der Waals surface area (Å²) in [5, 5.41) is 11.6. The molecular weight excluding hydrogens is 222 g/mol. The monoisotopic (exact) mass is 241 g/mol. The zero-order valence-electron chi connectivity index (χ0n) is 10.1. The average Bonchev–Trinajstić information content (AvgIpc) is 2.37. The third-order valence-corrected chi connectivity index (χ3v) is 2.19. The van der Waals surface area contributed by atoms with Gasteiger partial charge in [0.2, 0.25) is 17.8 Å². The van der Waals surface area contributed by atoms with Crippen molar-refractivity contribution in [1.82, 2.24) is 15.0 Å². The summed E-state index contributed by atoms with van der Waals surface area (Å²) in [4.78, 5) is 14.4. The van der Waals surface area contributed by atoms with Crippen molar-refractivity contribution in [3.63, 3.8) is 0 Å². The number of rotatable bonds is 7. The number of hydrogen-bond donors (Lipinski definition) is 4. The van der Waals surface area contributed by atoms with E-state index in [2.05, 4.69) is 25.7 Å². The van der Waals surface area contributed by atoms with Crippen molar-refractivity contribution in [1.29, 1.82) is 0 Å². The molecule has 1 aromatic rings. The number of nitrogens with one attached hydrogen (secondary N) is 2. The minimum absolute atomic E-state index is 0.0116. The molecule has 1 rings (SSSR count). The van der Waals surface area contributed by atoms with E-state index in [0.29, 0.717) is 24.4 Å². The quantitative estimate of drug-likeness (QED) is 0.370. The van der Waals surface area contributed by atoms with Crippen LogP contribution < -0.4 is 21.5 Å². The molecule has 0 aliphatic heterocycles. The lowest BCUT2D eigenvalue weighted by Gasteiger charge is -2.19. The summed E-state index contributed by atoms with van der Waals surface area (Å²) >= 11 is 0. The molecule has 1 heterocycles. The minimum Gasteiger partial charge on any atom is -0.395 e. The Labute approximate surface area is 100 Å². The number of aliphatic hydroxyl groups excluding tert-OH is 1. The lowest BCUT2D eigenvalue weighted by Crippen LogP contribution is -2.26. The van der Waals surface area contributed by atoms with Gasteiger partial charge in [0.25, 0.3) is 0 Å². The Morgan fingerprint density at radius 3 is 2.35 bits per heavy atom. The number of nitrogens with zero attached hydrogens (tertiary/aromatic N) is 4. The molecule has 17 heavy (non-hydrogen) atoms. The Morgan fingerprint density at radius 2 is 1.82 bits per heavy atom. The summed E-state index contributed by atoms with van der Waals surface area (Å²) < 4.78 is 0. The molecule has 0 amide bonds. The summed E-state index contributed by atoms with van der Waals surface area (Å²) in [6, 6.07) is 0. The molecule has 5 N–H and O–H groups in total. The first-order valence-electron chi connectivity index (χ1n) is 5.57. The van der Waals surface area contributed by atoms with E-state index in [0.717, 1.165) is 13.1 Å². The van der Waals surface area contributed by atoms with E-state index in [1.807, 2.05) is 18.7 Å². The highest BCUT2D eigenvalue weighted by atomic mass is 16.3. The molecule has 0 fully saturated rings. The van der Waals surface area contributed by atoms with E-state index in [4.69, 9.17) is 10.9 Å². The van der Waals surface area contributed by atoms with E-state index in [1.54, 1.807) is 0 Å². The van der Waals surface area contributed by atoms with E-state index in [-0.39, 0.29) is 6.61 Å². The van der Waals surface area contributed by atoms with Gasteiger partial charge in [-0.15, -0.1) is 0 Å². The Kier molecular flexibility index (Phi) is 5.37. The predicted molar refractivity (Wildman–Crippen MR) is 66.8 cm³/mol. The first-order valence-corrected chi connectivity index (χ1v) is 5.57. The molecule has 0 radical (unpaired) electrons. The maximum absolute atomic E-state index is 8.74. The zero-order chi connectivity index (χ0) is 12.7. The first kappa shape index (κ1) is 13.4.